The quantitative estimate of drug-likeness (QED) is 0.894. The molecule has 1 rings (SSSR count). The van der Waals surface area contributed by atoms with Crippen molar-refractivity contribution in [3.8, 4) is 5.75 Å². The fourth-order valence-corrected chi connectivity index (χ4v) is 2.02. The van der Waals surface area contributed by atoms with Crippen molar-refractivity contribution in [1.29, 1.82) is 0 Å². The van der Waals surface area contributed by atoms with E-state index in [0.717, 1.165) is 16.9 Å². The summed E-state index contributed by atoms with van der Waals surface area (Å²) in [6.07, 6.45) is 0. The van der Waals surface area contributed by atoms with E-state index in [1.165, 1.54) is 0 Å². The third-order valence-corrected chi connectivity index (χ3v) is 3.01. The van der Waals surface area contributed by atoms with E-state index in [1.807, 2.05) is 32.9 Å². The molecule has 0 radical (unpaired) electrons. The number of methoxy groups -OCH3 is 1. The fraction of sp³-hybridized carbons (Fsp3) is 0.588. The van der Waals surface area contributed by atoms with Crippen molar-refractivity contribution in [2.45, 2.75) is 59.0 Å². The molecule has 0 aliphatic rings. The lowest BCUT2D eigenvalue weighted by Gasteiger charge is -2.23. The third-order valence-electron chi connectivity index (χ3n) is 3.01. The molecule has 0 aromatic heterocycles. The third kappa shape index (κ3) is 5.66. The van der Waals surface area contributed by atoms with Gasteiger partial charge in [-0.3, -0.25) is 0 Å². The van der Waals surface area contributed by atoms with Crippen LogP contribution >= 0.6 is 0 Å². The molecule has 0 fully saturated rings. The van der Waals surface area contributed by atoms with Gasteiger partial charge in [-0.1, -0.05) is 26.8 Å². The maximum atomic E-state index is 11.8. The minimum Gasteiger partial charge on any atom is -0.496 e. The number of nitrogens with one attached hydrogen (secondary N) is 2. The van der Waals surface area contributed by atoms with Crippen LogP contribution in [-0.4, -0.2) is 18.7 Å². The van der Waals surface area contributed by atoms with E-state index in [-0.39, 0.29) is 17.0 Å². The Morgan fingerprint density at radius 2 is 1.76 bits per heavy atom. The molecule has 0 heterocycles. The molecule has 0 aliphatic carbocycles. The summed E-state index contributed by atoms with van der Waals surface area (Å²) in [6, 6.07) is 5.87. The van der Waals surface area contributed by atoms with Gasteiger partial charge in [-0.15, -0.1) is 0 Å². The van der Waals surface area contributed by atoms with Crippen LogP contribution in [0.1, 0.15) is 52.7 Å². The predicted octanol–water partition coefficient (Wildman–Crippen LogP) is 3.59. The van der Waals surface area contributed by atoms with Gasteiger partial charge in [-0.25, -0.2) is 4.79 Å². The Morgan fingerprint density at radius 1 is 1.14 bits per heavy atom. The SMILES string of the molecule is COc1ccc(CNC(=O)NC(C)(C)C)cc1C(C)(C)C. The van der Waals surface area contributed by atoms with Gasteiger partial charge in [0.25, 0.3) is 0 Å². The molecule has 2 N–H and O–H groups in total. The van der Waals surface area contributed by atoms with Crippen LogP contribution in [0.5, 0.6) is 5.75 Å². The molecule has 0 saturated carbocycles. The lowest BCUT2D eigenvalue weighted by Crippen LogP contribution is -2.46. The van der Waals surface area contributed by atoms with Gasteiger partial charge in [-0.05, 0) is 49.4 Å². The van der Waals surface area contributed by atoms with Gasteiger partial charge in [-0.2, -0.15) is 0 Å². The van der Waals surface area contributed by atoms with Crippen molar-refractivity contribution in [3.05, 3.63) is 29.3 Å². The fourth-order valence-electron chi connectivity index (χ4n) is 2.02. The smallest absolute Gasteiger partial charge is 0.315 e. The number of hydrogen-bond acceptors (Lipinski definition) is 2. The Kier molecular flexibility index (Phi) is 5.26. The molecule has 0 bridgehead atoms. The largest absolute Gasteiger partial charge is 0.496 e. The van der Waals surface area contributed by atoms with Crippen molar-refractivity contribution in [1.82, 2.24) is 10.6 Å². The second-order valence-corrected chi connectivity index (χ2v) is 7.34. The zero-order chi connectivity index (χ0) is 16.3. The summed E-state index contributed by atoms with van der Waals surface area (Å²) in [5.41, 5.74) is 1.96. The minimum absolute atomic E-state index is 0.00494. The molecule has 0 saturated heterocycles. The number of rotatable bonds is 3. The highest BCUT2D eigenvalue weighted by Crippen LogP contribution is 2.31. The predicted molar refractivity (Wildman–Crippen MR) is 86.8 cm³/mol. The normalized spacial score (nSPS) is 12.0. The van der Waals surface area contributed by atoms with E-state index in [1.54, 1.807) is 7.11 Å². The van der Waals surface area contributed by atoms with Crippen LogP contribution in [0.2, 0.25) is 0 Å². The van der Waals surface area contributed by atoms with E-state index >= 15 is 0 Å². The summed E-state index contributed by atoms with van der Waals surface area (Å²) < 4.78 is 5.42. The van der Waals surface area contributed by atoms with Gasteiger partial charge in [0.1, 0.15) is 5.75 Å². The second kappa shape index (κ2) is 6.37. The topological polar surface area (TPSA) is 50.4 Å². The van der Waals surface area contributed by atoms with Gasteiger partial charge in [0.05, 0.1) is 7.11 Å². The van der Waals surface area contributed by atoms with Gasteiger partial charge >= 0.3 is 6.03 Å². The van der Waals surface area contributed by atoms with Gasteiger partial charge in [0.15, 0.2) is 0 Å². The highest BCUT2D eigenvalue weighted by Gasteiger charge is 2.19. The van der Waals surface area contributed by atoms with Crippen molar-refractivity contribution < 1.29 is 9.53 Å². The van der Waals surface area contributed by atoms with E-state index in [9.17, 15) is 4.79 Å². The standard InChI is InChI=1S/C17H28N2O2/c1-16(2,3)13-10-12(8-9-14(13)21-7)11-18-15(20)19-17(4,5)6/h8-10H,11H2,1-7H3,(H2,18,19,20). The first-order chi connectivity index (χ1) is 9.53. The summed E-state index contributed by atoms with van der Waals surface area (Å²) >= 11 is 0. The number of carbonyl (C=O) groups is 1. The Labute approximate surface area is 128 Å². The average molecular weight is 292 g/mol. The number of urea groups is 1. The molecular formula is C17H28N2O2. The number of amides is 2. The van der Waals surface area contributed by atoms with Crippen molar-refractivity contribution >= 4 is 6.03 Å². The molecular weight excluding hydrogens is 264 g/mol. The molecule has 0 unspecified atom stereocenters. The van der Waals surface area contributed by atoms with E-state index < -0.39 is 0 Å². The van der Waals surface area contributed by atoms with E-state index in [2.05, 4.69) is 37.5 Å². The summed E-state index contributed by atoms with van der Waals surface area (Å²) in [4.78, 5) is 11.8. The number of carbonyl (C=O) groups excluding carboxylic acids is 1. The van der Waals surface area contributed by atoms with Crippen LogP contribution in [0.25, 0.3) is 0 Å². The first kappa shape index (κ1) is 17.3. The lowest BCUT2D eigenvalue weighted by atomic mass is 9.85. The first-order valence-corrected chi connectivity index (χ1v) is 7.26. The summed E-state index contributed by atoms with van der Waals surface area (Å²) in [5.74, 6) is 0.880. The molecule has 4 heteroatoms. The number of hydrogen-bond donors (Lipinski definition) is 2. The molecule has 4 nitrogen and oxygen atoms in total. The van der Waals surface area contributed by atoms with Crippen molar-refractivity contribution in [2.24, 2.45) is 0 Å². The minimum atomic E-state index is -0.236. The van der Waals surface area contributed by atoms with Crippen LogP contribution in [0.3, 0.4) is 0 Å². The summed E-state index contributed by atoms with van der Waals surface area (Å²) in [5, 5.41) is 5.76. The van der Waals surface area contributed by atoms with E-state index in [0.29, 0.717) is 6.54 Å². The molecule has 0 spiro atoms. The van der Waals surface area contributed by atoms with Crippen molar-refractivity contribution in [3.63, 3.8) is 0 Å². The van der Waals surface area contributed by atoms with Gasteiger partial charge in [0.2, 0.25) is 0 Å². The second-order valence-electron chi connectivity index (χ2n) is 7.34. The monoisotopic (exact) mass is 292 g/mol. The molecule has 0 atom stereocenters. The van der Waals surface area contributed by atoms with Gasteiger partial charge < -0.3 is 15.4 Å². The highest BCUT2D eigenvalue weighted by molar-refractivity contribution is 5.74. The molecule has 0 aliphatic heterocycles. The zero-order valence-electron chi connectivity index (χ0n) is 14.3. The highest BCUT2D eigenvalue weighted by atomic mass is 16.5. The molecule has 118 valence electrons. The van der Waals surface area contributed by atoms with Crippen molar-refractivity contribution in [2.75, 3.05) is 7.11 Å². The maximum Gasteiger partial charge on any atom is 0.315 e. The van der Waals surface area contributed by atoms with Crippen LogP contribution in [0, 0.1) is 0 Å². The number of benzene rings is 1. The first-order valence-electron chi connectivity index (χ1n) is 7.26. The Balaban J connectivity index is 2.80. The van der Waals surface area contributed by atoms with Gasteiger partial charge in [0, 0.05) is 12.1 Å². The summed E-state index contributed by atoms with van der Waals surface area (Å²) in [7, 11) is 1.68. The number of ether oxygens (including phenoxy) is 1. The Bertz CT molecular complexity index is 496. The molecule has 1 aromatic carbocycles. The van der Waals surface area contributed by atoms with Crippen LogP contribution in [-0.2, 0) is 12.0 Å². The molecule has 21 heavy (non-hydrogen) atoms. The lowest BCUT2D eigenvalue weighted by molar-refractivity contribution is 0.231. The Hall–Kier alpha value is -1.71. The van der Waals surface area contributed by atoms with Crippen LogP contribution < -0.4 is 15.4 Å². The van der Waals surface area contributed by atoms with Crippen LogP contribution in [0.4, 0.5) is 4.79 Å². The summed E-state index contributed by atoms with van der Waals surface area (Å²) in [6.45, 7) is 12.8. The average Bonchev–Trinajstić information content (AvgIpc) is 2.33. The maximum absolute atomic E-state index is 11.8. The van der Waals surface area contributed by atoms with E-state index in [4.69, 9.17) is 4.74 Å². The zero-order valence-corrected chi connectivity index (χ0v) is 14.3. The molecule has 1 aromatic rings. The Morgan fingerprint density at radius 3 is 2.24 bits per heavy atom. The van der Waals surface area contributed by atoms with Crippen LogP contribution in [0.15, 0.2) is 18.2 Å². The molecule has 2 amide bonds.